The van der Waals surface area contributed by atoms with E-state index in [2.05, 4.69) is 19.7 Å². The summed E-state index contributed by atoms with van der Waals surface area (Å²) in [4.78, 5) is 50.2. The van der Waals surface area contributed by atoms with Crippen LogP contribution in [-0.2, 0) is 38.1 Å². The summed E-state index contributed by atoms with van der Waals surface area (Å²) in [5.41, 5.74) is -1.50. The number of aliphatic hydroxyl groups excluding tert-OH is 4. The number of aliphatic hydroxyl groups is 4. The van der Waals surface area contributed by atoms with Crippen LogP contribution in [0.4, 0.5) is 0 Å². The van der Waals surface area contributed by atoms with Gasteiger partial charge in [-0.1, -0.05) is 19.7 Å². The topological polar surface area (TPSA) is 186 Å². The molecule has 0 aliphatic carbocycles. The van der Waals surface area contributed by atoms with Crippen molar-refractivity contribution in [3.8, 4) is 0 Å². The molecule has 12 nitrogen and oxygen atoms in total. The van der Waals surface area contributed by atoms with Crippen LogP contribution in [0, 0.1) is 5.92 Å². The summed E-state index contributed by atoms with van der Waals surface area (Å²) < 4.78 is 20.6. The Morgan fingerprint density at radius 2 is 1.09 bits per heavy atom. The van der Waals surface area contributed by atoms with Crippen LogP contribution in [0.5, 0.6) is 0 Å². The molecule has 0 saturated carbocycles. The van der Waals surface area contributed by atoms with Crippen molar-refractivity contribution in [1.82, 2.24) is 0 Å². The van der Waals surface area contributed by atoms with Gasteiger partial charge < -0.3 is 39.4 Å². The fourth-order valence-corrected chi connectivity index (χ4v) is 2.32. The average Bonchev–Trinajstić information content (AvgIpc) is 2.78. The highest BCUT2D eigenvalue weighted by Gasteiger charge is 2.53. The Kier molecular flexibility index (Phi) is 12.8. The number of rotatable bonds is 14. The molecule has 0 bridgehead atoms. The summed E-state index contributed by atoms with van der Waals surface area (Å²) in [6.45, 7) is 11.6. The molecule has 1 atom stereocenters. The smallest absolute Gasteiger partial charge is 0.446 e. The second-order valence-electron chi connectivity index (χ2n) is 7.56. The normalized spacial score (nSPS) is 11.7. The number of esters is 4. The maximum Gasteiger partial charge on any atom is 0.463 e. The van der Waals surface area contributed by atoms with E-state index in [1.54, 1.807) is 0 Å². The zero-order valence-corrected chi connectivity index (χ0v) is 20.2. The summed E-state index contributed by atoms with van der Waals surface area (Å²) >= 11 is 0. The summed E-state index contributed by atoms with van der Waals surface area (Å²) in [7, 11) is 0. The molecule has 0 rings (SSSR count). The van der Waals surface area contributed by atoms with E-state index in [1.807, 2.05) is 0 Å². The van der Waals surface area contributed by atoms with Crippen molar-refractivity contribution in [3.63, 3.8) is 0 Å². The van der Waals surface area contributed by atoms with Gasteiger partial charge in [0.25, 0.3) is 0 Å². The Hall–Kier alpha value is -3.32. The highest BCUT2D eigenvalue weighted by atomic mass is 16.9. The molecule has 1 unspecified atom stereocenters. The molecular weight excluding hydrogens is 468 g/mol. The van der Waals surface area contributed by atoms with Crippen LogP contribution in [0.15, 0.2) is 47.6 Å². The largest absolute Gasteiger partial charge is 0.463 e. The van der Waals surface area contributed by atoms with E-state index in [4.69, 9.17) is 18.9 Å². The van der Waals surface area contributed by atoms with E-state index >= 15 is 0 Å². The predicted octanol–water partition coefficient (Wildman–Crippen LogP) is -0.188. The van der Waals surface area contributed by atoms with Gasteiger partial charge in [-0.3, -0.25) is 0 Å². The van der Waals surface area contributed by atoms with Crippen molar-refractivity contribution in [2.24, 2.45) is 5.92 Å². The van der Waals surface area contributed by atoms with Gasteiger partial charge in [0.1, 0.15) is 0 Å². The number of carbonyl (C=O) groups excluding carboxylic acids is 4. The van der Waals surface area contributed by atoms with Crippen molar-refractivity contribution in [3.05, 3.63) is 47.6 Å². The van der Waals surface area contributed by atoms with E-state index < -0.39 is 73.9 Å². The summed E-state index contributed by atoms with van der Waals surface area (Å²) in [5, 5.41) is 38.2. The molecule has 0 fully saturated rings. The van der Waals surface area contributed by atoms with E-state index in [9.17, 15) is 39.6 Å². The lowest BCUT2D eigenvalue weighted by Gasteiger charge is -2.35. The third-order valence-corrected chi connectivity index (χ3v) is 4.36. The summed E-state index contributed by atoms with van der Waals surface area (Å²) in [6.07, 6.45) is -1.81. The van der Waals surface area contributed by atoms with Gasteiger partial charge in [-0.25, -0.2) is 19.2 Å². The third-order valence-electron chi connectivity index (χ3n) is 4.36. The third kappa shape index (κ3) is 8.76. The van der Waals surface area contributed by atoms with Crippen LogP contribution >= 0.6 is 0 Å². The van der Waals surface area contributed by atoms with Gasteiger partial charge in [-0.05, 0) is 33.3 Å². The van der Waals surface area contributed by atoms with E-state index in [-0.39, 0.29) is 22.3 Å². The molecule has 0 amide bonds. The van der Waals surface area contributed by atoms with Crippen LogP contribution in [0.1, 0.15) is 27.7 Å². The molecule has 196 valence electrons. The zero-order chi connectivity index (χ0) is 27.5. The SMILES string of the molecule is C=C(C)C(=O)OC(C)C(OC(=O)C(=C)C)(OC(=O)C(=C)C)OC(=O)C(=C(CO)CO)C(CO)CO. The molecule has 0 aromatic heterocycles. The van der Waals surface area contributed by atoms with Crippen LogP contribution in [0.3, 0.4) is 0 Å². The van der Waals surface area contributed by atoms with Gasteiger partial charge in [-0.15, -0.1) is 0 Å². The standard InChI is InChI=1S/C23H32O12/c1-12(2)19(28)32-15(7)23(33-20(29)13(3)4,34-21(30)14(5)6)35-22(31)18(16(8-24)9-25)17(10-26)11-27/h15-16,24-27H,1,3,5,8-11H2,2,4,6-7H3. The van der Waals surface area contributed by atoms with Gasteiger partial charge in [0, 0.05) is 28.2 Å². The molecule has 0 aliphatic rings. The van der Waals surface area contributed by atoms with Gasteiger partial charge in [0.05, 0.1) is 26.4 Å². The Morgan fingerprint density at radius 1 is 0.714 bits per heavy atom. The highest BCUT2D eigenvalue weighted by Crippen LogP contribution is 2.30. The number of carbonyl (C=O) groups is 4. The quantitative estimate of drug-likeness (QED) is 0.140. The molecule has 35 heavy (non-hydrogen) atoms. The monoisotopic (exact) mass is 500 g/mol. The number of hydrogen-bond acceptors (Lipinski definition) is 12. The number of ether oxygens (including phenoxy) is 4. The lowest BCUT2D eigenvalue weighted by Crippen LogP contribution is -2.54. The minimum absolute atomic E-state index is 0.0985. The van der Waals surface area contributed by atoms with Gasteiger partial charge in [0.15, 0.2) is 0 Å². The van der Waals surface area contributed by atoms with Crippen LogP contribution < -0.4 is 0 Å². The van der Waals surface area contributed by atoms with Gasteiger partial charge in [0.2, 0.25) is 6.10 Å². The molecule has 12 heteroatoms. The zero-order valence-electron chi connectivity index (χ0n) is 20.2. The van der Waals surface area contributed by atoms with Gasteiger partial charge >= 0.3 is 29.9 Å². The fourth-order valence-electron chi connectivity index (χ4n) is 2.32. The molecule has 0 aromatic carbocycles. The molecule has 0 aromatic rings. The Bertz CT molecular complexity index is 860. The molecule has 0 saturated heterocycles. The minimum Gasteiger partial charge on any atom is -0.446 e. The van der Waals surface area contributed by atoms with Crippen LogP contribution in [0.2, 0.25) is 0 Å². The maximum atomic E-state index is 13.2. The first-order chi connectivity index (χ1) is 16.2. The maximum absolute atomic E-state index is 13.2. The first-order valence-electron chi connectivity index (χ1n) is 10.2. The van der Waals surface area contributed by atoms with Crippen molar-refractivity contribution in [1.29, 1.82) is 0 Å². The summed E-state index contributed by atoms with van der Waals surface area (Å²) in [5.74, 6) is -9.38. The van der Waals surface area contributed by atoms with Crippen LogP contribution in [0.25, 0.3) is 0 Å². The Balaban J connectivity index is 6.95. The number of hydrogen-bond donors (Lipinski definition) is 4. The van der Waals surface area contributed by atoms with Crippen molar-refractivity contribution in [2.45, 2.75) is 39.8 Å². The second kappa shape index (κ2) is 14.2. The van der Waals surface area contributed by atoms with E-state index in [1.165, 1.54) is 20.8 Å². The summed E-state index contributed by atoms with van der Waals surface area (Å²) in [6, 6.07) is 0. The Morgan fingerprint density at radius 3 is 1.40 bits per heavy atom. The van der Waals surface area contributed by atoms with Crippen molar-refractivity contribution >= 4 is 23.9 Å². The fraction of sp³-hybridized carbons (Fsp3) is 0.478. The molecule has 0 aliphatic heterocycles. The molecule has 4 N–H and O–H groups in total. The lowest BCUT2D eigenvalue weighted by atomic mass is 9.95. The van der Waals surface area contributed by atoms with E-state index in [0.29, 0.717) is 0 Å². The van der Waals surface area contributed by atoms with Gasteiger partial charge in [-0.2, -0.15) is 0 Å². The van der Waals surface area contributed by atoms with Crippen LogP contribution in [-0.4, -0.2) is 82.8 Å². The predicted molar refractivity (Wildman–Crippen MR) is 120 cm³/mol. The van der Waals surface area contributed by atoms with Crippen molar-refractivity contribution < 1.29 is 58.6 Å². The van der Waals surface area contributed by atoms with Crippen molar-refractivity contribution in [2.75, 3.05) is 26.4 Å². The molecular formula is C23H32O12. The minimum atomic E-state index is -3.06. The lowest BCUT2D eigenvalue weighted by molar-refractivity contribution is -0.357. The second-order valence-corrected chi connectivity index (χ2v) is 7.56. The first kappa shape index (κ1) is 31.7. The Labute approximate surface area is 202 Å². The molecule has 0 heterocycles. The highest BCUT2D eigenvalue weighted by molar-refractivity contribution is 5.92. The van der Waals surface area contributed by atoms with E-state index in [0.717, 1.165) is 6.92 Å². The average molecular weight is 500 g/mol. The first-order valence-corrected chi connectivity index (χ1v) is 10.2. The molecule has 0 radical (unpaired) electrons. The molecule has 0 spiro atoms.